The van der Waals surface area contributed by atoms with Crippen LogP contribution in [-0.4, -0.2) is 16.9 Å². The second-order valence-electron chi connectivity index (χ2n) is 6.26. The van der Waals surface area contributed by atoms with E-state index in [4.69, 9.17) is 12.2 Å². The molecule has 3 aromatic carbocycles. The molecule has 3 aromatic rings. The summed E-state index contributed by atoms with van der Waals surface area (Å²) >= 11 is 8.56. The highest BCUT2D eigenvalue weighted by Gasteiger charge is 2.10. The number of hydrogen-bond donors (Lipinski definition) is 3. The largest absolute Gasteiger partial charge is 0.332 e. The van der Waals surface area contributed by atoms with E-state index in [2.05, 4.69) is 31.9 Å². The molecule has 2 amide bonds. The molecule has 0 radical (unpaired) electrons. The van der Waals surface area contributed by atoms with Gasteiger partial charge in [0.2, 0.25) is 0 Å². The predicted molar refractivity (Wildman–Crippen MR) is 123 cm³/mol. The minimum Gasteiger partial charge on any atom is -0.332 e. The van der Waals surface area contributed by atoms with Crippen molar-refractivity contribution in [1.29, 1.82) is 0 Å². The van der Waals surface area contributed by atoms with Crippen LogP contribution in [0.4, 0.5) is 11.4 Å². The number of anilines is 2. The molecule has 0 fully saturated rings. The molecule has 0 aliphatic heterocycles. The Kier molecular flexibility index (Phi) is 6.74. The van der Waals surface area contributed by atoms with Crippen molar-refractivity contribution in [3.8, 4) is 0 Å². The number of rotatable bonds is 4. The third-order valence-corrected chi connectivity index (χ3v) is 4.83. The molecule has 0 heterocycles. The fourth-order valence-electron chi connectivity index (χ4n) is 2.60. The minimum atomic E-state index is -0.293. The number of carbonyl (C=O) groups excluding carboxylic acids is 2. The summed E-state index contributed by atoms with van der Waals surface area (Å²) < 4.78 is 0.893. The van der Waals surface area contributed by atoms with Gasteiger partial charge in [0.1, 0.15) is 0 Å². The van der Waals surface area contributed by atoms with Crippen molar-refractivity contribution < 1.29 is 9.59 Å². The molecule has 0 atom stereocenters. The molecule has 5 nitrogen and oxygen atoms in total. The molecule has 0 unspecified atom stereocenters. The minimum absolute atomic E-state index is 0.174. The average Bonchev–Trinajstić information content (AvgIpc) is 2.71. The van der Waals surface area contributed by atoms with E-state index in [-0.39, 0.29) is 16.9 Å². The maximum absolute atomic E-state index is 12.3. The van der Waals surface area contributed by atoms with Gasteiger partial charge >= 0.3 is 0 Å². The Morgan fingerprint density at radius 3 is 2.14 bits per heavy atom. The Morgan fingerprint density at radius 2 is 1.48 bits per heavy atom. The van der Waals surface area contributed by atoms with Crippen LogP contribution in [0.2, 0.25) is 0 Å². The molecule has 146 valence electrons. The van der Waals surface area contributed by atoms with Crippen LogP contribution in [0.3, 0.4) is 0 Å². The van der Waals surface area contributed by atoms with Crippen molar-refractivity contribution in [2.24, 2.45) is 0 Å². The Balaban J connectivity index is 1.61. The van der Waals surface area contributed by atoms with Crippen molar-refractivity contribution >= 4 is 56.4 Å². The van der Waals surface area contributed by atoms with Gasteiger partial charge in [-0.2, -0.15) is 0 Å². The zero-order chi connectivity index (χ0) is 20.8. The molecule has 0 aliphatic rings. The molecule has 3 N–H and O–H groups in total. The van der Waals surface area contributed by atoms with Crippen molar-refractivity contribution in [2.45, 2.75) is 6.92 Å². The van der Waals surface area contributed by atoms with Gasteiger partial charge in [-0.3, -0.25) is 14.9 Å². The van der Waals surface area contributed by atoms with E-state index in [1.165, 1.54) is 0 Å². The maximum Gasteiger partial charge on any atom is 0.257 e. The summed E-state index contributed by atoms with van der Waals surface area (Å²) in [6.07, 6.45) is 0. The van der Waals surface area contributed by atoms with Crippen LogP contribution < -0.4 is 16.0 Å². The topological polar surface area (TPSA) is 70.2 Å². The Hall–Kier alpha value is -3.03. The standard InChI is InChI=1S/C22H18BrN3O2S/c1-14-13-18(11-12-19(14)25-20(27)15-5-3-2-4-6-15)24-22(29)26-21(28)16-7-9-17(23)10-8-16/h2-13H,1H3,(H,25,27)(H2,24,26,28,29). The molecular weight excluding hydrogens is 450 g/mol. The van der Waals surface area contributed by atoms with Gasteiger partial charge < -0.3 is 10.6 Å². The van der Waals surface area contributed by atoms with Crippen LogP contribution in [0.5, 0.6) is 0 Å². The van der Waals surface area contributed by atoms with Crippen LogP contribution in [0.1, 0.15) is 26.3 Å². The molecule has 0 saturated carbocycles. The normalized spacial score (nSPS) is 10.1. The fourth-order valence-corrected chi connectivity index (χ4v) is 3.08. The molecule has 29 heavy (non-hydrogen) atoms. The first-order valence-corrected chi connectivity index (χ1v) is 9.97. The van der Waals surface area contributed by atoms with Crippen LogP contribution in [0.15, 0.2) is 77.3 Å². The fraction of sp³-hybridized carbons (Fsp3) is 0.0455. The monoisotopic (exact) mass is 467 g/mol. The number of carbonyl (C=O) groups is 2. The summed E-state index contributed by atoms with van der Waals surface area (Å²) in [5, 5.41) is 8.72. The zero-order valence-corrected chi connectivity index (χ0v) is 17.9. The second-order valence-corrected chi connectivity index (χ2v) is 7.59. The van der Waals surface area contributed by atoms with Gasteiger partial charge in [-0.25, -0.2) is 0 Å². The third-order valence-electron chi connectivity index (χ3n) is 4.10. The summed E-state index contributed by atoms with van der Waals surface area (Å²) in [6, 6.07) is 21.4. The van der Waals surface area contributed by atoms with E-state index in [1.807, 2.05) is 31.2 Å². The summed E-state index contributed by atoms with van der Waals surface area (Å²) in [4.78, 5) is 24.5. The van der Waals surface area contributed by atoms with Gasteiger partial charge in [-0.15, -0.1) is 0 Å². The van der Waals surface area contributed by atoms with E-state index in [9.17, 15) is 9.59 Å². The second kappa shape index (κ2) is 9.45. The molecule has 0 aromatic heterocycles. The molecule has 0 bridgehead atoms. The first kappa shape index (κ1) is 20.7. The lowest BCUT2D eigenvalue weighted by molar-refractivity contribution is 0.0976. The van der Waals surface area contributed by atoms with Gasteiger partial charge in [0.05, 0.1) is 0 Å². The number of hydrogen-bond acceptors (Lipinski definition) is 3. The predicted octanol–water partition coefficient (Wildman–Crippen LogP) is 5.14. The lowest BCUT2D eigenvalue weighted by atomic mass is 10.1. The number of aryl methyl sites for hydroxylation is 1. The highest BCUT2D eigenvalue weighted by Crippen LogP contribution is 2.20. The summed E-state index contributed by atoms with van der Waals surface area (Å²) in [7, 11) is 0. The van der Waals surface area contributed by atoms with E-state index in [1.54, 1.807) is 48.5 Å². The van der Waals surface area contributed by atoms with Crippen LogP contribution in [0.25, 0.3) is 0 Å². The van der Waals surface area contributed by atoms with E-state index >= 15 is 0 Å². The van der Waals surface area contributed by atoms with E-state index < -0.39 is 0 Å². The van der Waals surface area contributed by atoms with Crippen LogP contribution in [-0.2, 0) is 0 Å². The average molecular weight is 468 g/mol. The maximum atomic E-state index is 12.3. The van der Waals surface area contributed by atoms with Crippen LogP contribution in [0, 0.1) is 6.92 Å². The number of amides is 2. The summed E-state index contributed by atoms with van der Waals surface area (Å²) in [6.45, 7) is 1.88. The zero-order valence-electron chi connectivity index (χ0n) is 15.5. The highest BCUT2D eigenvalue weighted by atomic mass is 79.9. The van der Waals surface area contributed by atoms with Gasteiger partial charge in [-0.1, -0.05) is 34.1 Å². The Bertz CT molecular complexity index is 1050. The lowest BCUT2D eigenvalue weighted by Gasteiger charge is -2.13. The highest BCUT2D eigenvalue weighted by molar-refractivity contribution is 9.10. The molecule has 0 aliphatic carbocycles. The van der Waals surface area contributed by atoms with Crippen molar-refractivity contribution in [3.05, 3.63) is 94.0 Å². The van der Waals surface area contributed by atoms with Gasteiger partial charge in [0.25, 0.3) is 11.8 Å². The molecule has 3 rings (SSSR count). The van der Waals surface area contributed by atoms with Gasteiger partial charge in [0.15, 0.2) is 5.11 Å². The molecule has 0 spiro atoms. The summed E-state index contributed by atoms with van der Waals surface area (Å²) in [5.74, 6) is -0.467. The van der Waals surface area contributed by atoms with E-state index in [0.29, 0.717) is 22.5 Å². The van der Waals surface area contributed by atoms with Crippen LogP contribution >= 0.6 is 28.1 Å². The van der Waals surface area contributed by atoms with Crippen molar-refractivity contribution in [3.63, 3.8) is 0 Å². The third kappa shape index (κ3) is 5.73. The first-order valence-electron chi connectivity index (χ1n) is 8.77. The summed E-state index contributed by atoms with van der Waals surface area (Å²) in [5.41, 5.74) is 3.37. The SMILES string of the molecule is Cc1cc(NC(=S)NC(=O)c2ccc(Br)cc2)ccc1NC(=O)c1ccccc1. The van der Waals surface area contributed by atoms with Gasteiger partial charge in [0, 0.05) is 27.0 Å². The lowest BCUT2D eigenvalue weighted by Crippen LogP contribution is -2.34. The van der Waals surface area contributed by atoms with E-state index in [0.717, 1.165) is 10.0 Å². The van der Waals surface area contributed by atoms with Crippen molar-refractivity contribution in [1.82, 2.24) is 5.32 Å². The molecular formula is C22H18BrN3O2S. The smallest absolute Gasteiger partial charge is 0.257 e. The molecule has 7 heteroatoms. The quantitative estimate of drug-likeness (QED) is 0.464. The first-order chi connectivity index (χ1) is 13.9. The van der Waals surface area contributed by atoms with Crippen molar-refractivity contribution in [2.75, 3.05) is 10.6 Å². The number of thiocarbonyl (C=S) groups is 1. The van der Waals surface area contributed by atoms with Gasteiger partial charge in [-0.05, 0) is 79.3 Å². The number of halogens is 1. The molecule has 0 saturated heterocycles. The Morgan fingerprint density at radius 1 is 0.828 bits per heavy atom. The number of benzene rings is 3. The Labute approximate surface area is 182 Å². The number of nitrogens with one attached hydrogen (secondary N) is 3.